The zero-order valence-electron chi connectivity index (χ0n) is 14.5. The van der Waals surface area contributed by atoms with Crippen LogP contribution in [0.25, 0.3) is 0 Å². The van der Waals surface area contributed by atoms with Gasteiger partial charge in [0.2, 0.25) is 5.91 Å². The minimum absolute atomic E-state index is 0.0249. The van der Waals surface area contributed by atoms with Gasteiger partial charge in [-0.05, 0) is 55.4 Å². The lowest BCUT2D eigenvalue weighted by molar-refractivity contribution is -0.121. The SMILES string of the molecule is CCOc1ccc(C(=O)NC(=S)NNC(=O)CCc2ccccc2)cc1. The van der Waals surface area contributed by atoms with Crippen LogP contribution in [0, 0.1) is 0 Å². The molecule has 2 amide bonds. The van der Waals surface area contributed by atoms with Gasteiger partial charge in [0.05, 0.1) is 6.61 Å². The Morgan fingerprint density at radius 1 is 1.00 bits per heavy atom. The molecule has 2 rings (SSSR count). The molecule has 0 bridgehead atoms. The molecule has 0 saturated carbocycles. The first kappa shape index (κ1) is 19.4. The Labute approximate surface area is 157 Å². The predicted molar refractivity (Wildman–Crippen MR) is 104 cm³/mol. The van der Waals surface area contributed by atoms with Crippen LogP contribution in [0.15, 0.2) is 54.6 Å². The summed E-state index contributed by atoms with van der Waals surface area (Å²) in [4.78, 5) is 23.9. The fraction of sp³-hybridized carbons (Fsp3) is 0.211. The molecular formula is C19H21N3O3S. The molecule has 0 fully saturated rings. The Morgan fingerprint density at radius 2 is 1.69 bits per heavy atom. The number of ether oxygens (including phenoxy) is 1. The average molecular weight is 371 g/mol. The van der Waals surface area contributed by atoms with E-state index in [0.29, 0.717) is 30.8 Å². The summed E-state index contributed by atoms with van der Waals surface area (Å²) in [5, 5.41) is 2.53. The van der Waals surface area contributed by atoms with Crippen LogP contribution in [0.4, 0.5) is 0 Å². The Kier molecular flexibility index (Phi) is 7.57. The van der Waals surface area contributed by atoms with E-state index < -0.39 is 0 Å². The van der Waals surface area contributed by atoms with Crippen molar-refractivity contribution in [1.82, 2.24) is 16.2 Å². The van der Waals surface area contributed by atoms with Crippen LogP contribution in [-0.4, -0.2) is 23.5 Å². The number of hydrazine groups is 1. The molecule has 0 atom stereocenters. The molecule has 136 valence electrons. The number of amides is 2. The second kappa shape index (κ2) is 10.1. The van der Waals surface area contributed by atoms with Gasteiger partial charge in [0.25, 0.3) is 5.91 Å². The number of thiocarbonyl (C=S) groups is 1. The maximum absolute atomic E-state index is 12.1. The molecule has 6 nitrogen and oxygen atoms in total. The predicted octanol–water partition coefficient (Wildman–Crippen LogP) is 2.35. The molecular weight excluding hydrogens is 350 g/mol. The van der Waals surface area contributed by atoms with Crippen LogP contribution < -0.4 is 20.9 Å². The van der Waals surface area contributed by atoms with Crippen molar-refractivity contribution in [2.45, 2.75) is 19.8 Å². The zero-order valence-corrected chi connectivity index (χ0v) is 15.3. The number of carbonyl (C=O) groups is 2. The minimum Gasteiger partial charge on any atom is -0.494 e. The van der Waals surface area contributed by atoms with Gasteiger partial charge in [0.1, 0.15) is 5.75 Å². The normalized spacial score (nSPS) is 9.88. The van der Waals surface area contributed by atoms with Gasteiger partial charge in [-0.2, -0.15) is 0 Å². The highest BCUT2D eigenvalue weighted by Gasteiger charge is 2.09. The molecule has 2 aromatic carbocycles. The number of hydrogen-bond donors (Lipinski definition) is 3. The molecule has 0 saturated heterocycles. The van der Waals surface area contributed by atoms with Crippen molar-refractivity contribution in [2.24, 2.45) is 0 Å². The highest BCUT2D eigenvalue weighted by Crippen LogP contribution is 2.11. The minimum atomic E-state index is -0.371. The molecule has 0 aromatic heterocycles. The summed E-state index contributed by atoms with van der Waals surface area (Å²) in [6.45, 7) is 2.45. The Balaban J connectivity index is 1.72. The second-order valence-corrected chi connectivity index (χ2v) is 5.81. The summed E-state index contributed by atoms with van der Waals surface area (Å²) in [5.41, 5.74) is 6.51. The molecule has 26 heavy (non-hydrogen) atoms. The van der Waals surface area contributed by atoms with Gasteiger partial charge in [0, 0.05) is 12.0 Å². The van der Waals surface area contributed by atoms with Gasteiger partial charge in [-0.25, -0.2) is 0 Å². The Morgan fingerprint density at radius 3 is 2.35 bits per heavy atom. The number of benzene rings is 2. The fourth-order valence-electron chi connectivity index (χ4n) is 2.17. The smallest absolute Gasteiger partial charge is 0.257 e. The van der Waals surface area contributed by atoms with E-state index in [-0.39, 0.29) is 16.9 Å². The molecule has 0 radical (unpaired) electrons. The van der Waals surface area contributed by atoms with Crippen molar-refractivity contribution < 1.29 is 14.3 Å². The largest absolute Gasteiger partial charge is 0.494 e. The van der Waals surface area contributed by atoms with E-state index in [1.807, 2.05) is 37.3 Å². The number of aryl methyl sites for hydroxylation is 1. The lowest BCUT2D eigenvalue weighted by atomic mass is 10.1. The van der Waals surface area contributed by atoms with Crippen LogP contribution in [0.1, 0.15) is 29.3 Å². The first-order valence-electron chi connectivity index (χ1n) is 8.25. The van der Waals surface area contributed by atoms with Crippen LogP contribution in [-0.2, 0) is 11.2 Å². The molecule has 0 unspecified atom stereocenters. The number of nitrogens with one attached hydrogen (secondary N) is 3. The fourth-order valence-corrected chi connectivity index (χ4v) is 2.31. The summed E-state index contributed by atoms with van der Waals surface area (Å²) in [5.74, 6) is 0.103. The van der Waals surface area contributed by atoms with E-state index in [2.05, 4.69) is 16.2 Å². The Bertz CT molecular complexity index is 748. The molecule has 2 aromatic rings. The standard InChI is InChI=1S/C19H21N3O3S/c1-2-25-16-11-9-15(10-12-16)18(24)20-19(26)22-21-17(23)13-8-14-6-4-3-5-7-14/h3-7,9-12H,2,8,13H2,1H3,(H,21,23)(H2,20,22,24,26). The van der Waals surface area contributed by atoms with Crippen LogP contribution >= 0.6 is 12.2 Å². The summed E-state index contributed by atoms with van der Waals surface area (Å²) in [6, 6.07) is 16.4. The quantitative estimate of drug-likeness (QED) is 0.537. The van der Waals surface area contributed by atoms with Gasteiger partial charge in [-0.1, -0.05) is 30.3 Å². The van der Waals surface area contributed by atoms with Crippen molar-refractivity contribution in [3.63, 3.8) is 0 Å². The van der Waals surface area contributed by atoms with E-state index in [9.17, 15) is 9.59 Å². The van der Waals surface area contributed by atoms with Gasteiger partial charge in [-0.15, -0.1) is 0 Å². The first-order valence-corrected chi connectivity index (χ1v) is 8.66. The van der Waals surface area contributed by atoms with E-state index in [1.165, 1.54) is 0 Å². The number of carbonyl (C=O) groups excluding carboxylic acids is 2. The van der Waals surface area contributed by atoms with E-state index >= 15 is 0 Å². The summed E-state index contributed by atoms with van der Waals surface area (Å²) in [7, 11) is 0. The van der Waals surface area contributed by atoms with Crippen molar-refractivity contribution in [3.8, 4) is 5.75 Å². The van der Waals surface area contributed by atoms with E-state index in [0.717, 1.165) is 5.56 Å². The third-order valence-corrected chi connectivity index (χ3v) is 3.66. The van der Waals surface area contributed by atoms with Crippen LogP contribution in [0.2, 0.25) is 0 Å². The van der Waals surface area contributed by atoms with Gasteiger partial charge in [-0.3, -0.25) is 25.8 Å². The summed E-state index contributed by atoms with van der Waals surface area (Å²) < 4.78 is 5.32. The first-order chi connectivity index (χ1) is 12.6. The Hall–Kier alpha value is -2.93. The molecule has 0 spiro atoms. The molecule has 0 aliphatic carbocycles. The third-order valence-electron chi connectivity index (χ3n) is 3.45. The lowest BCUT2D eigenvalue weighted by Gasteiger charge is -2.11. The van der Waals surface area contributed by atoms with Crippen molar-refractivity contribution in [3.05, 3.63) is 65.7 Å². The lowest BCUT2D eigenvalue weighted by Crippen LogP contribution is -2.48. The van der Waals surface area contributed by atoms with Crippen molar-refractivity contribution in [2.75, 3.05) is 6.61 Å². The van der Waals surface area contributed by atoms with Crippen molar-refractivity contribution in [1.29, 1.82) is 0 Å². The molecule has 0 aliphatic heterocycles. The maximum atomic E-state index is 12.1. The van der Waals surface area contributed by atoms with E-state index in [4.69, 9.17) is 17.0 Å². The second-order valence-electron chi connectivity index (χ2n) is 5.40. The average Bonchev–Trinajstić information content (AvgIpc) is 2.66. The molecule has 0 aliphatic rings. The van der Waals surface area contributed by atoms with Crippen molar-refractivity contribution >= 4 is 29.1 Å². The summed E-state index contributed by atoms with van der Waals surface area (Å²) in [6.07, 6.45) is 0.937. The zero-order chi connectivity index (χ0) is 18.8. The van der Waals surface area contributed by atoms with Gasteiger partial charge in [0.15, 0.2) is 5.11 Å². The maximum Gasteiger partial charge on any atom is 0.257 e. The number of rotatable bonds is 6. The van der Waals surface area contributed by atoms with E-state index in [1.54, 1.807) is 24.3 Å². The topological polar surface area (TPSA) is 79.5 Å². The highest BCUT2D eigenvalue weighted by molar-refractivity contribution is 7.80. The number of hydrogen-bond acceptors (Lipinski definition) is 4. The van der Waals surface area contributed by atoms with Gasteiger partial charge >= 0.3 is 0 Å². The van der Waals surface area contributed by atoms with Crippen LogP contribution in [0.5, 0.6) is 5.75 Å². The third kappa shape index (κ3) is 6.52. The van der Waals surface area contributed by atoms with Crippen LogP contribution in [0.3, 0.4) is 0 Å². The monoisotopic (exact) mass is 371 g/mol. The molecule has 7 heteroatoms. The molecule has 3 N–H and O–H groups in total. The molecule has 0 heterocycles. The van der Waals surface area contributed by atoms with Gasteiger partial charge < -0.3 is 4.74 Å². The summed E-state index contributed by atoms with van der Waals surface area (Å²) >= 11 is 5.01. The highest BCUT2D eigenvalue weighted by atomic mass is 32.1.